The van der Waals surface area contributed by atoms with Crippen molar-refractivity contribution in [3.63, 3.8) is 0 Å². The number of pyridine rings is 1. The monoisotopic (exact) mass is 339 g/mol. The van der Waals surface area contributed by atoms with E-state index in [0.29, 0.717) is 16.8 Å². The maximum absolute atomic E-state index is 11.1. The van der Waals surface area contributed by atoms with Gasteiger partial charge in [-0.2, -0.15) is 0 Å². The van der Waals surface area contributed by atoms with Gasteiger partial charge in [0.05, 0.1) is 4.92 Å². The fourth-order valence-corrected chi connectivity index (χ4v) is 2.66. The normalized spacial score (nSPS) is 16.0. The molecule has 5 nitrogen and oxygen atoms in total. The summed E-state index contributed by atoms with van der Waals surface area (Å²) in [5.41, 5.74) is 1.60. The van der Waals surface area contributed by atoms with E-state index in [1.807, 2.05) is 4.90 Å². The molecule has 0 atom stereocenters. The first-order chi connectivity index (χ1) is 9.29. The highest BCUT2D eigenvalue weighted by molar-refractivity contribution is 9.10. The Morgan fingerprint density at radius 3 is 2.65 bits per heavy atom. The number of halogens is 1. The zero-order valence-corrected chi connectivity index (χ0v) is 13.5. The van der Waals surface area contributed by atoms with Gasteiger partial charge in [-0.1, -0.05) is 32.4 Å². The number of nitrogens with zero attached hydrogens (tertiary/aromatic N) is 3. The first kappa shape index (κ1) is 15.0. The molecule has 0 aromatic carbocycles. The van der Waals surface area contributed by atoms with E-state index in [4.69, 9.17) is 0 Å². The van der Waals surface area contributed by atoms with Gasteiger partial charge in [0, 0.05) is 29.8 Å². The SMILES string of the molecule is CC(C)(C)C1=CCN(c2ncc(Br)cc2[N+](=O)[O-])CC1. The second-order valence-electron chi connectivity index (χ2n) is 5.93. The van der Waals surface area contributed by atoms with E-state index < -0.39 is 0 Å². The molecule has 0 bridgehead atoms. The maximum Gasteiger partial charge on any atom is 0.312 e. The van der Waals surface area contributed by atoms with Gasteiger partial charge in [-0.15, -0.1) is 0 Å². The van der Waals surface area contributed by atoms with E-state index in [-0.39, 0.29) is 16.0 Å². The van der Waals surface area contributed by atoms with E-state index in [0.717, 1.165) is 13.0 Å². The van der Waals surface area contributed by atoms with Crippen molar-refractivity contribution >= 4 is 27.4 Å². The van der Waals surface area contributed by atoms with Crippen molar-refractivity contribution in [2.45, 2.75) is 27.2 Å². The van der Waals surface area contributed by atoms with Crippen LogP contribution in [-0.4, -0.2) is 23.0 Å². The molecule has 6 heteroatoms. The molecule has 20 heavy (non-hydrogen) atoms. The van der Waals surface area contributed by atoms with Crippen LogP contribution in [0, 0.1) is 15.5 Å². The Balaban J connectivity index is 2.27. The number of aromatic nitrogens is 1. The van der Waals surface area contributed by atoms with Crippen LogP contribution < -0.4 is 4.90 Å². The van der Waals surface area contributed by atoms with E-state index in [9.17, 15) is 10.1 Å². The number of anilines is 1. The van der Waals surface area contributed by atoms with Crippen LogP contribution >= 0.6 is 15.9 Å². The average Bonchev–Trinajstić information content (AvgIpc) is 2.37. The molecule has 108 valence electrons. The predicted octanol–water partition coefficient (Wildman–Crippen LogP) is 3.93. The van der Waals surface area contributed by atoms with Crippen LogP contribution in [0.15, 0.2) is 28.4 Å². The third-order valence-electron chi connectivity index (χ3n) is 3.48. The Morgan fingerprint density at radius 2 is 2.15 bits per heavy atom. The minimum atomic E-state index is -0.379. The van der Waals surface area contributed by atoms with Crippen LogP contribution in [-0.2, 0) is 0 Å². The van der Waals surface area contributed by atoms with Crippen molar-refractivity contribution < 1.29 is 4.92 Å². The molecule has 0 spiro atoms. The molecule has 1 aliphatic heterocycles. The van der Waals surface area contributed by atoms with Crippen molar-refractivity contribution in [2.75, 3.05) is 18.0 Å². The molecule has 0 N–H and O–H groups in total. The molecule has 0 aliphatic carbocycles. The highest BCUT2D eigenvalue weighted by Crippen LogP contribution is 2.34. The number of hydrogen-bond acceptors (Lipinski definition) is 4. The molecule has 0 saturated carbocycles. The molecule has 1 aromatic heterocycles. The predicted molar refractivity (Wildman–Crippen MR) is 83.0 cm³/mol. The van der Waals surface area contributed by atoms with Gasteiger partial charge in [0.25, 0.3) is 0 Å². The van der Waals surface area contributed by atoms with Gasteiger partial charge in [-0.25, -0.2) is 4.98 Å². The largest absolute Gasteiger partial charge is 0.347 e. The van der Waals surface area contributed by atoms with Gasteiger partial charge in [0.2, 0.25) is 5.82 Å². The van der Waals surface area contributed by atoms with E-state index in [1.54, 1.807) is 6.20 Å². The lowest BCUT2D eigenvalue weighted by molar-refractivity contribution is -0.384. The van der Waals surface area contributed by atoms with Crippen LogP contribution in [0.25, 0.3) is 0 Å². The maximum atomic E-state index is 11.1. The summed E-state index contributed by atoms with van der Waals surface area (Å²) in [6.07, 6.45) is 4.68. The van der Waals surface area contributed by atoms with Crippen LogP contribution in [0.2, 0.25) is 0 Å². The minimum absolute atomic E-state index is 0.0481. The molecule has 1 aliphatic rings. The molecule has 2 rings (SSSR count). The second-order valence-corrected chi connectivity index (χ2v) is 6.84. The van der Waals surface area contributed by atoms with Gasteiger partial charge in [0.1, 0.15) is 0 Å². The molecular formula is C14H18BrN3O2. The summed E-state index contributed by atoms with van der Waals surface area (Å²) >= 11 is 3.23. The topological polar surface area (TPSA) is 59.3 Å². The highest BCUT2D eigenvalue weighted by atomic mass is 79.9. The smallest absolute Gasteiger partial charge is 0.312 e. The van der Waals surface area contributed by atoms with Crippen molar-refractivity contribution in [1.29, 1.82) is 0 Å². The first-order valence-electron chi connectivity index (χ1n) is 6.53. The average molecular weight is 340 g/mol. The van der Waals surface area contributed by atoms with Crippen molar-refractivity contribution in [2.24, 2.45) is 5.41 Å². The Morgan fingerprint density at radius 1 is 1.45 bits per heavy atom. The standard InChI is InChI=1S/C14H18BrN3O2/c1-14(2,3)10-4-6-17(7-5-10)13-12(18(19)20)8-11(15)9-16-13/h4,8-9H,5-7H2,1-3H3. The summed E-state index contributed by atoms with van der Waals surface area (Å²) in [5.74, 6) is 0.447. The van der Waals surface area contributed by atoms with E-state index >= 15 is 0 Å². The summed E-state index contributed by atoms with van der Waals surface area (Å²) in [7, 11) is 0. The zero-order valence-electron chi connectivity index (χ0n) is 11.9. The minimum Gasteiger partial charge on any atom is -0.347 e. The molecule has 1 aromatic rings. The molecule has 0 unspecified atom stereocenters. The van der Waals surface area contributed by atoms with Crippen molar-refractivity contribution in [3.05, 3.63) is 38.5 Å². The van der Waals surface area contributed by atoms with Crippen LogP contribution in [0.5, 0.6) is 0 Å². The van der Waals surface area contributed by atoms with Gasteiger partial charge >= 0.3 is 5.69 Å². The van der Waals surface area contributed by atoms with Crippen LogP contribution in [0.1, 0.15) is 27.2 Å². The number of nitro groups is 1. The molecular weight excluding hydrogens is 322 g/mol. The lowest BCUT2D eigenvalue weighted by Gasteiger charge is -2.32. The molecule has 0 amide bonds. The Kier molecular flexibility index (Phi) is 4.13. The summed E-state index contributed by atoms with van der Waals surface area (Å²) in [5, 5.41) is 11.1. The fraction of sp³-hybridized carbons (Fsp3) is 0.500. The van der Waals surface area contributed by atoms with Gasteiger partial charge in [-0.05, 0) is 27.8 Å². The zero-order chi connectivity index (χ0) is 14.9. The van der Waals surface area contributed by atoms with E-state index in [2.05, 4.69) is 47.8 Å². The fourth-order valence-electron chi connectivity index (χ4n) is 2.34. The first-order valence-corrected chi connectivity index (χ1v) is 7.33. The molecule has 0 saturated heterocycles. The second kappa shape index (κ2) is 5.52. The van der Waals surface area contributed by atoms with Gasteiger partial charge in [-0.3, -0.25) is 10.1 Å². The lowest BCUT2D eigenvalue weighted by atomic mass is 9.83. The molecule has 0 fully saturated rings. The summed E-state index contributed by atoms with van der Waals surface area (Å²) in [4.78, 5) is 16.9. The van der Waals surface area contributed by atoms with Gasteiger partial charge < -0.3 is 4.90 Å². The van der Waals surface area contributed by atoms with Crippen LogP contribution in [0.4, 0.5) is 11.5 Å². The highest BCUT2D eigenvalue weighted by Gasteiger charge is 2.26. The summed E-state index contributed by atoms with van der Waals surface area (Å²) < 4.78 is 0.621. The third kappa shape index (κ3) is 3.17. The molecule has 0 radical (unpaired) electrons. The third-order valence-corrected chi connectivity index (χ3v) is 3.92. The Labute approximate surface area is 127 Å². The number of rotatable bonds is 2. The van der Waals surface area contributed by atoms with E-state index in [1.165, 1.54) is 11.6 Å². The summed E-state index contributed by atoms with van der Waals surface area (Å²) in [6.45, 7) is 8.00. The Hall–Kier alpha value is -1.43. The lowest BCUT2D eigenvalue weighted by Crippen LogP contribution is -2.32. The molecule has 2 heterocycles. The number of hydrogen-bond donors (Lipinski definition) is 0. The van der Waals surface area contributed by atoms with Crippen LogP contribution in [0.3, 0.4) is 0 Å². The van der Waals surface area contributed by atoms with Gasteiger partial charge in [0.15, 0.2) is 0 Å². The summed E-state index contributed by atoms with van der Waals surface area (Å²) in [6, 6.07) is 1.51. The van der Waals surface area contributed by atoms with Crippen molar-refractivity contribution in [1.82, 2.24) is 4.98 Å². The Bertz CT molecular complexity index is 564. The van der Waals surface area contributed by atoms with Crippen molar-refractivity contribution in [3.8, 4) is 0 Å². The quantitative estimate of drug-likeness (QED) is 0.465.